The van der Waals surface area contributed by atoms with Crippen LogP contribution in [0, 0.1) is 13.8 Å². The van der Waals surface area contributed by atoms with Crippen molar-refractivity contribution < 1.29 is 10.2 Å². The minimum Gasteiger partial charge on any atom is -0.506 e. The molecule has 0 atom stereocenters. The number of benzene rings is 1. The van der Waals surface area contributed by atoms with Crippen LogP contribution in [-0.2, 0) is 6.61 Å². The van der Waals surface area contributed by atoms with Gasteiger partial charge in [-0.2, -0.15) is 5.10 Å². The maximum atomic E-state index is 9.84. The molecule has 4 heteroatoms. The Morgan fingerprint density at radius 2 is 2.00 bits per heavy atom. The molecule has 0 radical (unpaired) electrons. The second-order valence-electron chi connectivity index (χ2n) is 3.82. The highest BCUT2D eigenvalue weighted by Crippen LogP contribution is 2.24. The van der Waals surface area contributed by atoms with Crippen molar-refractivity contribution in [2.24, 2.45) is 0 Å². The van der Waals surface area contributed by atoms with Crippen LogP contribution in [0.3, 0.4) is 0 Å². The SMILES string of the molecule is Cc1cc(C)n(-c2ccc(CO)cc2O)n1. The van der Waals surface area contributed by atoms with E-state index in [-0.39, 0.29) is 12.4 Å². The summed E-state index contributed by atoms with van der Waals surface area (Å²) >= 11 is 0. The van der Waals surface area contributed by atoms with E-state index in [1.165, 1.54) is 0 Å². The van der Waals surface area contributed by atoms with Crippen LogP contribution in [0.4, 0.5) is 0 Å². The molecule has 0 fully saturated rings. The summed E-state index contributed by atoms with van der Waals surface area (Å²) in [5.74, 6) is 0.123. The molecule has 0 unspecified atom stereocenters. The van der Waals surface area contributed by atoms with Crippen molar-refractivity contribution in [1.29, 1.82) is 0 Å². The van der Waals surface area contributed by atoms with Crippen molar-refractivity contribution in [1.82, 2.24) is 9.78 Å². The quantitative estimate of drug-likeness (QED) is 0.806. The fourth-order valence-electron chi connectivity index (χ4n) is 1.72. The van der Waals surface area contributed by atoms with E-state index in [4.69, 9.17) is 5.11 Å². The lowest BCUT2D eigenvalue weighted by Crippen LogP contribution is -2.00. The monoisotopic (exact) mass is 218 g/mol. The molecule has 2 N–H and O–H groups in total. The first kappa shape index (κ1) is 10.7. The fourth-order valence-corrected chi connectivity index (χ4v) is 1.72. The molecular formula is C12H14N2O2. The number of aromatic hydroxyl groups is 1. The Balaban J connectivity index is 2.52. The van der Waals surface area contributed by atoms with Crippen LogP contribution >= 0.6 is 0 Å². The zero-order valence-electron chi connectivity index (χ0n) is 9.31. The maximum Gasteiger partial charge on any atom is 0.141 e. The molecule has 2 rings (SSSR count). The van der Waals surface area contributed by atoms with Gasteiger partial charge in [0.2, 0.25) is 0 Å². The van der Waals surface area contributed by atoms with Crippen molar-refractivity contribution in [3.63, 3.8) is 0 Å². The molecule has 0 aliphatic carbocycles. The lowest BCUT2D eigenvalue weighted by Gasteiger charge is -2.07. The van der Waals surface area contributed by atoms with E-state index in [9.17, 15) is 5.11 Å². The number of aromatic nitrogens is 2. The standard InChI is InChI=1S/C12H14N2O2/c1-8-5-9(2)14(13-8)11-4-3-10(7-15)6-12(11)16/h3-6,15-16H,7H2,1-2H3. The zero-order valence-corrected chi connectivity index (χ0v) is 9.31. The predicted molar refractivity (Wildman–Crippen MR) is 60.6 cm³/mol. The van der Waals surface area contributed by atoms with Crippen LogP contribution in [0.5, 0.6) is 5.75 Å². The average molecular weight is 218 g/mol. The van der Waals surface area contributed by atoms with Gasteiger partial charge >= 0.3 is 0 Å². The van der Waals surface area contributed by atoms with Gasteiger partial charge in [-0.25, -0.2) is 4.68 Å². The van der Waals surface area contributed by atoms with Crippen LogP contribution < -0.4 is 0 Å². The number of phenolic OH excluding ortho intramolecular Hbond substituents is 1. The predicted octanol–water partition coefficient (Wildman–Crippen LogP) is 1.69. The maximum absolute atomic E-state index is 9.84. The molecule has 0 saturated heterocycles. The molecule has 1 heterocycles. The normalized spacial score (nSPS) is 10.7. The van der Waals surface area contributed by atoms with Crippen LogP contribution in [-0.4, -0.2) is 20.0 Å². The third-order valence-electron chi connectivity index (χ3n) is 2.46. The zero-order chi connectivity index (χ0) is 11.7. The first-order valence-electron chi connectivity index (χ1n) is 5.08. The number of aliphatic hydroxyl groups is 1. The summed E-state index contributed by atoms with van der Waals surface area (Å²) in [6.07, 6.45) is 0. The molecule has 0 aliphatic rings. The molecule has 0 aliphatic heterocycles. The molecule has 1 aromatic carbocycles. The lowest BCUT2D eigenvalue weighted by molar-refractivity contribution is 0.281. The Morgan fingerprint density at radius 1 is 1.25 bits per heavy atom. The topological polar surface area (TPSA) is 58.3 Å². The Morgan fingerprint density at radius 3 is 2.50 bits per heavy atom. The number of phenols is 1. The Labute approximate surface area is 93.8 Å². The summed E-state index contributed by atoms with van der Waals surface area (Å²) in [5, 5.41) is 23.1. The molecule has 0 amide bonds. The summed E-state index contributed by atoms with van der Waals surface area (Å²) in [6.45, 7) is 3.76. The summed E-state index contributed by atoms with van der Waals surface area (Å²) in [6, 6.07) is 7.01. The summed E-state index contributed by atoms with van der Waals surface area (Å²) in [4.78, 5) is 0. The minimum absolute atomic E-state index is 0.0784. The van der Waals surface area contributed by atoms with Gasteiger partial charge in [-0.3, -0.25) is 0 Å². The lowest BCUT2D eigenvalue weighted by atomic mass is 10.2. The van der Waals surface area contributed by atoms with E-state index in [0.29, 0.717) is 11.3 Å². The second-order valence-corrected chi connectivity index (χ2v) is 3.82. The minimum atomic E-state index is -0.0784. The molecule has 0 bridgehead atoms. The van der Waals surface area contributed by atoms with Crippen LogP contribution in [0.1, 0.15) is 17.0 Å². The van der Waals surface area contributed by atoms with E-state index in [1.807, 2.05) is 19.9 Å². The Hall–Kier alpha value is -1.81. The van der Waals surface area contributed by atoms with Gasteiger partial charge in [0.05, 0.1) is 12.3 Å². The van der Waals surface area contributed by atoms with Gasteiger partial charge in [-0.15, -0.1) is 0 Å². The number of hydrogen-bond donors (Lipinski definition) is 2. The fraction of sp³-hybridized carbons (Fsp3) is 0.250. The van der Waals surface area contributed by atoms with Gasteiger partial charge in [0.1, 0.15) is 11.4 Å². The molecule has 84 valence electrons. The van der Waals surface area contributed by atoms with Crippen LogP contribution in [0.2, 0.25) is 0 Å². The van der Waals surface area contributed by atoms with E-state index in [1.54, 1.807) is 22.9 Å². The Kier molecular flexibility index (Phi) is 2.66. The van der Waals surface area contributed by atoms with Crippen molar-refractivity contribution in [3.8, 4) is 11.4 Å². The van der Waals surface area contributed by atoms with Crippen LogP contribution in [0.15, 0.2) is 24.3 Å². The highest BCUT2D eigenvalue weighted by Gasteiger charge is 2.08. The van der Waals surface area contributed by atoms with Gasteiger partial charge in [-0.1, -0.05) is 6.07 Å². The molecular weight excluding hydrogens is 204 g/mol. The van der Waals surface area contributed by atoms with Gasteiger partial charge < -0.3 is 10.2 Å². The van der Waals surface area contributed by atoms with Crippen molar-refractivity contribution in [2.45, 2.75) is 20.5 Å². The van der Waals surface area contributed by atoms with E-state index in [2.05, 4.69) is 5.10 Å². The third-order valence-corrected chi connectivity index (χ3v) is 2.46. The molecule has 0 spiro atoms. The summed E-state index contributed by atoms with van der Waals surface area (Å²) < 4.78 is 1.69. The van der Waals surface area contributed by atoms with E-state index < -0.39 is 0 Å². The van der Waals surface area contributed by atoms with E-state index >= 15 is 0 Å². The second kappa shape index (κ2) is 3.98. The third kappa shape index (κ3) is 1.79. The van der Waals surface area contributed by atoms with Crippen LogP contribution in [0.25, 0.3) is 5.69 Å². The van der Waals surface area contributed by atoms with E-state index in [0.717, 1.165) is 11.4 Å². The van der Waals surface area contributed by atoms with Gasteiger partial charge in [0.15, 0.2) is 0 Å². The molecule has 1 aromatic heterocycles. The molecule has 4 nitrogen and oxygen atoms in total. The summed E-state index contributed by atoms with van der Waals surface area (Å²) in [5.41, 5.74) is 3.18. The molecule has 2 aromatic rings. The van der Waals surface area contributed by atoms with Gasteiger partial charge in [0, 0.05) is 5.69 Å². The Bertz CT molecular complexity index is 518. The number of rotatable bonds is 2. The van der Waals surface area contributed by atoms with Crippen molar-refractivity contribution in [3.05, 3.63) is 41.2 Å². The number of aryl methyl sites for hydroxylation is 2. The average Bonchev–Trinajstić information content (AvgIpc) is 2.57. The van der Waals surface area contributed by atoms with Crippen molar-refractivity contribution >= 4 is 0 Å². The highest BCUT2D eigenvalue weighted by atomic mass is 16.3. The largest absolute Gasteiger partial charge is 0.506 e. The number of aliphatic hydroxyl groups excluding tert-OH is 1. The smallest absolute Gasteiger partial charge is 0.141 e. The first-order chi connectivity index (χ1) is 7.61. The highest BCUT2D eigenvalue weighted by molar-refractivity contribution is 5.48. The molecule has 16 heavy (non-hydrogen) atoms. The van der Waals surface area contributed by atoms with Gasteiger partial charge in [0.25, 0.3) is 0 Å². The first-order valence-corrected chi connectivity index (χ1v) is 5.08. The number of nitrogens with zero attached hydrogens (tertiary/aromatic N) is 2. The van der Waals surface area contributed by atoms with Gasteiger partial charge in [-0.05, 0) is 37.6 Å². The van der Waals surface area contributed by atoms with Crippen molar-refractivity contribution in [2.75, 3.05) is 0 Å². The number of hydrogen-bond acceptors (Lipinski definition) is 3. The molecule has 0 saturated carbocycles. The summed E-state index contributed by atoms with van der Waals surface area (Å²) in [7, 11) is 0.